The Bertz CT molecular complexity index is 84.4. The zero-order valence-electron chi connectivity index (χ0n) is 5.74. The first kappa shape index (κ1) is 8.47. The monoisotopic (exact) mass is 224 g/mol. The molecular formula is C7H13I. The normalized spacial score (nSPS) is 16.2. The van der Waals surface area contributed by atoms with Gasteiger partial charge in [0.2, 0.25) is 0 Å². The summed E-state index contributed by atoms with van der Waals surface area (Å²) in [5, 5.41) is 0. The van der Waals surface area contributed by atoms with Gasteiger partial charge in [-0.1, -0.05) is 42.0 Å². The Morgan fingerprint density at radius 1 is 1.75 bits per heavy atom. The topological polar surface area (TPSA) is 0 Å². The van der Waals surface area contributed by atoms with Crippen LogP contribution < -0.4 is 0 Å². The van der Waals surface area contributed by atoms with E-state index in [1.165, 1.54) is 12.0 Å². The molecule has 0 aliphatic heterocycles. The van der Waals surface area contributed by atoms with Crippen molar-refractivity contribution in [3.05, 3.63) is 9.66 Å². The molecule has 0 aromatic rings. The fourth-order valence-electron chi connectivity index (χ4n) is 0.430. The third-order valence-corrected chi connectivity index (χ3v) is 2.54. The van der Waals surface area contributed by atoms with E-state index < -0.39 is 0 Å². The fraction of sp³-hybridized carbons (Fsp3) is 0.714. The van der Waals surface area contributed by atoms with Gasteiger partial charge in [0.25, 0.3) is 0 Å². The molecule has 0 N–H and O–H groups in total. The molecule has 0 nitrogen and oxygen atoms in total. The lowest BCUT2D eigenvalue weighted by molar-refractivity contribution is 0.658. The molecule has 0 saturated heterocycles. The number of halogens is 1. The zero-order chi connectivity index (χ0) is 6.57. The summed E-state index contributed by atoms with van der Waals surface area (Å²) in [5.41, 5.74) is 1.49. The first-order valence-electron chi connectivity index (χ1n) is 2.99. The van der Waals surface area contributed by atoms with Gasteiger partial charge in [0.15, 0.2) is 0 Å². The number of allylic oxidation sites excluding steroid dienone is 1. The molecule has 1 atom stereocenters. The van der Waals surface area contributed by atoms with Crippen LogP contribution in [0.25, 0.3) is 0 Å². The average molecular weight is 224 g/mol. The molecule has 0 bridgehead atoms. The Labute approximate surface area is 65.5 Å². The summed E-state index contributed by atoms with van der Waals surface area (Å²) in [5.74, 6) is 0.770. The molecule has 1 unspecified atom stereocenters. The quantitative estimate of drug-likeness (QED) is 0.631. The van der Waals surface area contributed by atoms with Crippen molar-refractivity contribution in [3.63, 3.8) is 0 Å². The number of hydrogen-bond acceptors (Lipinski definition) is 0. The van der Waals surface area contributed by atoms with Crippen LogP contribution in [0, 0.1) is 5.92 Å². The summed E-state index contributed by atoms with van der Waals surface area (Å²) in [6, 6.07) is 0. The first-order chi connectivity index (χ1) is 3.72. The van der Waals surface area contributed by atoms with Crippen molar-refractivity contribution in [3.8, 4) is 0 Å². The van der Waals surface area contributed by atoms with Crippen LogP contribution >= 0.6 is 22.6 Å². The number of rotatable bonds is 2. The fourth-order valence-corrected chi connectivity index (χ4v) is 1.04. The van der Waals surface area contributed by atoms with Crippen LogP contribution in [-0.2, 0) is 0 Å². The van der Waals surface area contributed by atoms with Crippen molar-refractivity contribution >= 4 is 22.6 Å². The Kier molecular flexibility index (Phi) is 4.61. The summed E-state index contributed by atoms with van der Waals surface area (Å²) in [7, 11) is 0. The minimum atomic E-state index is 0.770. The molecule has 0 spiro atoms. The lowest BCUT2D eigenvalue weighted by atomic mass is 10.0. The predicted molar refractivity (Wildman–Crippen MR) is 47.2 cm³/mol. The van der Waals surface area contributed by atoms with Gasteiger partial charge in [-0.25, -0.2) is 0 Å². The summed E-state index contributed by atoms with van der Waals surface area (Å²) in [4.78, 5) is 0. The van der Waals surface area contributed by atoms with E-state index in [-0.39, 0.29) is 0 Å². The Balaban J connectivity index is 3.63. The molecule has 0 aromatic carbocycles. The van der Waals surface area contributed by atoms with Crippen molar-refractivity contribution in [1.29, 1.82) is 0 Å². The molecule has 0 fully saturated rings. The van der Waals surface area contributed by atoms with Gasteiger partial charge in [0.1, 0.15) is 0 Å². The molecule has 0 rings (SSSR count). The average Bonchev–Trinajstić information content (AvgIpc) is 1.84. The van der Waals surface area contributed by atoms with Gasteiger partial charge >= 0.3 is 0 Å². The van der Waals surface area contributed by atoms with Crippen LogP contribution in [0.15, 0.2) is 9.66 Å². The van der Waals surface area contributed by atoms with E-state index >= 15 is 0 Å². The highest BCUT2D eigenvalue weighted by atomic mass is 127. The van der Waals surface area contributed by atoms with Gasteiger partial charge in [0, 0.05) is 0 Å². The molecular weight excluding hydrogens is 211 g/mol. The Morgan fingerprint density at radius 3 is 2.38 bits per heavy atom. The maximum atomic E-state index is 2.29. The van der Waals surface area contributed by atoms with Crippen molar-refractivity contribution in [2.75, 3.05) is 0 Å². The summed E-state index contributed by atoms with van der Waals surface area (Å²) >= 11 is 2.29. The maximum Gasteiger partial charge on any atom is -0.0229 e. The summed E-state index contributed by atoms with van der Waals surface area (Å²) in [6.07, 6.45) is 1.26. The van der Waals surface area contributed by atoms with Gasteiger partial charge in [-0.2, -0.15) is 0 Å². The highest BCUT2D eigenvalue weighted by Gasteiger charge is 1.97. The van der Waals surface area contributed by atoms with Crippen molar-refractivity contribution in [2.24, 2.45) is 5.92 Å². The maximum absolute atomic E-state index is 2.29. The molecule has 0 radical (unpaired) electrons. The second-order valence-corrected chi connectivity index (χ2v) is 2.79. The Hall–Kier alpha value is 0.470. The smallest absolute Gasteiger partial charge is 0.0229 e. The lowest BCUT2D eigenvalue weighted by Crippen LogP contribution is -1.91. The third-order valence-electron chi connectivity index (χ3n) is 1.56. The van der Waals surface area contributed by atoms with Crippen LogP contribution in [0.2, 0.25) is 0 Å². The van der Waals surface area contributed by atoms with E-state index in [4.69, 9.17) is 0 Å². The molecule has 0 saturated carbocycles. The van der Waals surface area contributed by atoms with Crippen molar-refractivity contribution < 1.29 is 0 Å². The SMILES string of the molecule is CCC(C)C(C)=CI. The highest BCUT2D eigenvalue weighted by molar-refractivity contribution is 14.1. The summed E-state index contributed by atoms with van der Waals surface area (Å²) < 4.78 is 2.16. The molecule has 0 aromatic heterocycles. The van der Waals surface area contributed by atoms with Gasteiger partial charge < -0.3 is 0 Å². The van der Waals surface area contributed by atoms with Gasteiger partial charge in [-0.3, -0.25) is 0 Å². The van der Waals surface area contributed by atoms with Gasteiger partial charge in [-0.05, 0) is 23.3 Å². The van der Waals surface area contributed by atoms with E-state index in [9.17, 15) is 0 Å². The molecule has 0 heterocycles. The Morgan fingerprint density at radius 2 is 2.25 bits per heavy atom. The molecule has 0 amide bonds. The molecule has 1 heteroatoms. The lowest BCUT2D eigenvalue weighted by Gasteiger charge is -2.05. The van der Waals surface area contributed by atoms with Crippen LogP contribution in [0.5, 0.6) is 0 Å². The summed E-state index contributed by atoms with van der Waals surface area (Å²) in [6.45, 7) is 6.65. The van der Waals surface area contributed by atoms with Crippen LogP contribution in [0.3, 0.4) is 0 Å². The van der Waals surface area contributed by atoms with Crippen molar-refractivity contribution in [2.45, 2.75) is 27.2 Å². The van der Waals surface area contributed by atoms with Crippen molar-refractivity contribution in [1.82, 2.24) is 0 Å². The van der Waals surface area contributed by atoms with E-state index in [2.05, 4.69) is 47.4 Å². The molecule has 8 heavy (non-hydrogen) atoms. The van der Waals surface area contributed by atoms with Gasteiger partial charge in [0.05, 0.1) is 0 Å². The predicted octanol–water partition coefficient (Wildman–Crippen LogP) is 3.37. The largest absolute Gasteiger partial charge is 0.0648 e. The molecule has 0 aliphatic carbocycles. The van der Waals surface area contributed by atoms with Crippen LogP contribution in [-0.4, -0.2) is 0 Å². The van der Waals surface area contributed by atoms with E-state index in [0.29, 0.717) is 0 Å². The van der Waals surface area contributed by atoms with E-state index in [0.717, 1.165) is 5.92 Å². The van der Waals surface area contributed by atoms with Crippen LogP contribution in [0.1, 0.15) is 27.2 Å². The second-order valence-electron chi connectivity index (χ2n) is 2.16. The second kappa shape index (κ2) is 4.36. The standard InChI is InChI=1S/C7H13I/c1-4-6(2)7(3)5-8/h5-6H,4H2,1-3H3. The highest BCUT2D eigenvalue weighted by Crippen LogP contribution is 2.14. The third kappa shape index (κ3) is 2.70. The van der Waals surface area contributed by atoms with E-state index in [1.54, 1.807) is 0 Å². The minimum absolute atomic E-state index is 0.770. The van der Waals surface area contributed by atoms with Gasteiger partial charge in [-0.15, -0.1) is 0 Å². The van der Waals surface area contributed by atoms with E-state index in [1.807, 2.05) is 0 Å². The molecule has 0 aliphatic rings. The molecule has 48 valence electrons. The number of hydrogen-bond donors (Lipinski definition) is 0. The zero-order valence-corrected chi connectivity index (χ0v) is 7.90. The first-order valence-corrected chi connectivity index (χ1v) is 4.23. The van der Waals surface area contributed by atoms with Crippen LogP contribution in [0.4, 0.5) is 0 Å². The minimum Gasteiger partial charge on any atom is -0.0648 e.